The Morgan fingerprint density at radius 1 is 1.00 bits per heavy atom. The van der Waals surface area contributed by atoms with Gasteiger partial charge >= 0.3 is 0 Å². The van der Waals surface area contributed by atoms with E-state index < -0.39 is 17.7 Å². The molecule has 0 spiro atoms. The molecular weight excluding hydrogens is 464 g/mol. The summed E-state index contributed by atoms with van der Waals surface area (Å²) in [6, 6.07) is 11.2. The van der Waals surface area contributed by atoms with Crippen LogP contribution in [0.3, 0.4) is 0 Å². The largest absolute Gasteiger partial charge is 0.507 e. The van der Waals surface area contributed by atoms with Gasteiger partial charge in [0.25, 0.3) is 11.7 Å². The van der Waals surface area contributed by atoms with Gasteiger partial charge in [0.05, 0.1) is 46.2 Å². The number of likely N-dealkylation sites (tertiary alicyclic amines) is 1. The van der Waals surface area contributed by atoms with Crippen LogP contribution in [0.4, 0.5) is 0 Å². The second-order valence-corrected chi connectivity index (χ2v) is 8.61. The van der Waals surface area contributed by atoms with E-state index in [1.54, 1.807) is 42.5 Å². The van der Waals surface area contributed by atoms with Crippen LogP contribution < -0.4 is 14.2 Å². The number of rotatable bonds is 9. The number of methoxy groups -OCH3 is 3. The van der Waals surface area contributed by atoms with Crippen molar-refractivity contribution in [2.75, 3.05) is 60.7 Å². The maximum Gasteiger partial charge on any atom is 0.295 e. The zero-order chi connectivity index (χ0) is 25.7. The number of carbonyl (C=O) groups excluding carboxylic acids is 2. The van der Waals surface area contributed by atoms with Gasteiger partial charge in [-0.05, 0) is 24.6 Å². The highest BCUT2D eigenvalue weighted by Crippen LogP contribution is 2.45. The predicted octanol–water partition coefficient (Wildman–Crippen LogP) is 2.86. The number of nitrogens with zero attached hydrogens (tertiary/aromatic N) is 2. The Balaban J connectivity index is 1.77. The van der Waals surface area contributed by atoms with Crippen LogP contribution in [0.2, 0.25) is 0 Å². The zero-order valence-electron chi connectivity index (χ0n) is 20.9. The zero-order valence-corrected chi connectivity index (χ0v) is 20.9. The summed E-state index contributed by atoms with van der Waals surface area (Å²) in [6.07, 6.45) is 0.662. The molecule has 1 atom stereocenters. The van der Waals surface area contributed by atoms with Crippen molar-refractivity contribution in [3.8, 4) is 17.2 Å². The van der Waals surface area contributed by atoms with Gasteiger partial charge in [-0.3, -0.25) is 14.5 Å². The highest BCUT2D eigenvalue weighted by atomic mass is 16.5. The molecule has 0 aromatic heterocycles. The van der Waals surface area contributed by atoms with E-state index in [0.29, 0.717) is 54.6 Å². The summed E-state index contributed by atoms with van der Waals surface area (Å²) >= 11 is 0. The molecule has 2 aromatic rings. The number of aliphatic hydroxyl groups is 1. The van der Waals surface area contributed by atoms with E-state index >= 15 is 0 Å². The highest BCUT2D eigenvalue weighted by molar-refractivity contribution is 6.46. The number of aliphatic hydroxyl groups excluding tert-OH is 1. The predicted molar refractivity (Wildman–Crippen MR) is 133 cm³/mol. The maximum atomic E-state index is 13.3. The smallest absolute Gasteiger partial charge is 0.295 e. The van der Waals surface area contributed by atoms with E-state index in [2.05, 4.69) is 4.90 Å². The Hall–Kier alpha value is -3.56. The molecule has 2 aromatic carbocycles. The lowest BCUT2D eigenvalue weighted by atomic mass is 9.94. The summed E-state index contributed by atoms with van der Waals surface area (Å²) in [7, 11) is 4.55. The highest BCUT2D eigenvalue weighted by Gasteiger charge is 2.47. The first-order chi connectivity index (χ1) is 17.5. The van der Waals surface area contributed by atoms with Gasteiger partial charge in [-0.25, -0.2) is 0 Å². The number of Topliss-reactive ketones (excluding diaryl/α,β-unsaturated/α-hetero) is 1. The van der Waals surface area contributed by atoms with E-state index in [-0.39, 0.29) is 11.3 Å². The maximum absolute atomic E-state index is 13.3. The lowest BCUT2D eigenvalue weighted by Gasteiger charge is -2.30. The van der Waals surface area contributed by atoms with Gasteiger partial charge in [0, 0.05) is 37.3 Å². The summed E-state index contributed by atoms with van der Waals surface area (Å²) < 4.78 is 21.8. The van der Waals surface area contributed by atoms with Crippen molar-refractivity contribution in [2.45, 2.75) is 12.5 Å². The van der Waals surface area contributed by atoms with Crippen LogP contribution >= 0.6 is 0 Å². The van der Waals surface area contributed by atoms with Gasteiger partial charge in [-0.1, -0.05) is 24.3 Å². The normalized spacial score (nSPS) is 20.0. The van der Waals surface area contributed by atoms with Crippen molar-refractivity contribution < 1.29 is 33.6 Å². The molecule has 0 unspecified atom stereocenters. The molecule has 2 fully saturated rings. The fraction of sp³-hybridized carbons (Fsp3) is 0.407. The summed E-state index contributed by atoms with van der Waals surface area (Å²) in [5.74, 6) is -0.267. The van der Waals surface area contributed by atoms with Crippen molar-refractivity contribution in [3.05, 3.63) is 59.2 Å². The van der Waals surface area contributed by atoms with Gasteiger partial charge in [-0.15, -0.1) is 0 Å². The van der Waals surface area contributed by atoms with Crippen LogP contribution in [0.1, 0.15) is 23.6 Å². The van der Waals surface area contributed by atoms with Crippen molar-refractivity contribution in [3.63, 3.8) is 0 Å². The number of para-hydroxylation sites is 1. The van der Waals surface area contributed by atoms with E-state index in [1.807, 2.05) is 0 Å². The standard InChI is InChI=1S/C27H32N2O7/c1-33-19-8-4-7-18(17-19)24(30)22-23(20-9-5-10-21(34-2)26(20)35-3)29(27(32)25(22)31)12-6-11-28-13-15-36-16-14-28/h4-5,7-10,17,23,30H,6,11-16H2,1-3H3/t23-/m0/s1. The lowest BCUT2D eigenvalue weighted by molar-refractivity contribution is -0.140. The minimum Gasteiger partial charge on any atom is -0.507 e. The summed E-state index contributed by atoms with van der Waals surface area (Å²) in [6.45, 7) is 4.15. The minimum absolute atomic E-state index is 0.00572. The molecule has 9 nitrogen and oxygen atoms in total. The van der Waals surface area contributed by atoms with Gasteiger partial charge < -0.3 is 29.0 Å². The first kappa shape index (κ1) is 25.5. The molecule has 0 radical (unpaired) electrons. The van der Waals surface area contributed by atoms with Crippen LogP contribution in [0.25, 0.3) is 5.76 Å². The van der Waals surface area contributed by atoms with E-state index in [9.17, 15) is 14.7 Å². The molecule has 1 N–H and O–H groups in total. The number of hydrogen-bond donors (Lipinski definition) is 1. The first-order valence-corrected chi connectivity index (χ1v) is 11.9. The van der Waals surface area contributed by atoms with Gasteiger partial charge in [0.1, 0.15) is 11.5 Å². The van der Waals surface area contributed by atoms with Gasteiger partial charge in [-0.2, -0.15) is 0 Å². The number of benzene rings is 2. The Morgan fingerprint density at radius 3 is 2.44 bits per heavy atom. The van der Waals surface area contributed by atoms with Crippen LogP contribution in [-0.4, -0.2) is 87.3 Å². The van der Waals surface area contributed by atoms with Crippen LogP contribution in [0.5, 0.6) is 17.2 Å². The molecule has 2 heterocycles. The van der Waals surface area contributed by atoms with Gasteiger partial charge in [0.2, 0.25) is 0 Å². The molecule has 0 bridgehead atoms. The number of hydrogen-bond acceptors (Lipinski definition) is 8. The molecule has 192 valence electrons. The number of carbonyl (C=O) groups is 2. The number of morpholine rings is 1. The molecule has 0 saturated carbocycles. The van der Waals surface area contributed by atoms with Crippen molar-refractivity contribution in [2.24, 2.45) is 0 Å². The van der Waals surface area contributed by atoms with Crippen LogP contribution in [0, 0.1) is 0 Å². The SMILES string of the molecule is COc1cccc(C(O)=C2C(=O)C(=O)N(CCCN3CCOCC3)[C@H]2c2cccc(OC)c2OC)c1. The topological polar surface area (TPSA) is 97.8 Å². The minimum atomic E-state index is -0.842. The van der Waals surface area contributed by atoms with Crippen molar-refractivity contribution in [1.82, 2.24) is 9.80 Å². The Labute approximate surface area is 210 Å². The second-order valence-electron chi connectivity index (χ2n) is 8.61. The molecule has 0 aliphatic carbocycles. The molecule has 9 heteroatoms. The third-order valence-corrected chi connectivity index (χ3v) is 6.59. The molecule has 2 saturated heterocycles. The summed E-state index contributed by atoms with van der Waals surface area (Å²) in [5.41, 5.74) is 0.950. The number of amides is 1. The molecular formula is C27H32N2O7. The lowest BCUT2D eigenvalue weighted by Crippen LogP contribution is -2.39. The third kappa shape index (κ3) is 5.03. The van der Waals surface area contributed by atoms with Crippen LogP contribution in [0.15, 0.2) is 48.0 Å². The van der Waals surface area contributed by atoms with E-state index in [0.717, 1.165) is 19.6 Å². The average molecular weight is 497 g/mol. The number of ether oxygens (including phenoxy) is 4. The van der Waals surface area contributed by atoms with E-state index in [4.69, 9.17) is 18.9 Å². The molecule has 1 amide bonds. The second kappa shape index (κ2) is 11.5. The Bertz CT molecular complexity index is 1140. The van der Waals surface area contributed by atoms with Crippen LogP contribution in [-0.2, 0) is 14.3 Å². The number of ketones is 1. The Morgan fingerprint density at radius 2 is 1.75 bits per heavy atom. The fourth-order valence-electron chi connectivity index (χ4n) is 4.78. The molecule has 4 rings (SSSR count). The van der Waals surface area contributed by atoms with Gasteiger partial charge in [0.15, 0.2) is 11.5 Å². The Kier molecular flexibility index (Phi) is 8.12. The monoisotopic (exact) mass is 496 g/mol. The quantitative estimate of drug-likeness (QED) is 0.322. The first-order valence-electron chi connectivity index (χ1n) is 11.9. The summed E-state index contributed by atoms with van der Waals surface area (Å²) in [5, 5.41) is 11.3. The summed E-state index contributed by atoms with van der Waals surface area (Å²) in [4.78, 5) is 30.4. The van der Waals surface area contributed by atoms with Crippen molar-refractivity contribution >= 4 is 17.4 Å². The van der Waals surface area contributed by atoms with E-state index in [1.165, 1.54) is 26.2 Å². The fourth-order valence-corrected chi connectivity index (χ4v) is 4.78. The molecule has 2 aliphatic rings. The third-order valence-electron chi connectivity index (χ3n) is 6.59. The van der Waals surface area contributed by atoms with Crippen molar-refractivity contribution in [1.29, 1.82) is 0 Å². The molecule has 36 heavy (non-hydrogen) atoms. The molecule has 2 aliphatic heterocycles. The average Bonchev–Trinajstić information content (AvgIpc) is 3.17.